The summed E-state index contributed by atoms with van der Waals surface area (Å²) in [5.41, 5.74) is -0.434. The summed E-state index contributed by atoms with van der Waals surface area (Å²) < 4.78 is 71.6. The minimum atomic E-state index is -3.79. The molecule has 3 aromatic rings. The molecule has 3 aliphatic rings. The molecule has 1 saturated carbocycles. The predicted molar refractivity (Wildman–Crippen MR) is 172 cm³/mol. The molecule has 2 atom stereocenters. The fraction of sp³-hybridized carbons (Fsp3) is 0.515. The van der Waals surface area contributed by atoms with E-state index >= 15 is 0 Å². The van der Waals surface area contributed by atoms with Crippen LogP contribution in [0.25, 0.3) is 10.8 Å². The van der Waals surface area contributed by atoms with Gasteiger partial charge in [-0.15, -0.1) is 0 Å². The number of fused-ring (bicyclic) bond motifs is 1. The van der Waals surface area contributed by atoms with Crippen LogP contribution in [0.15, 0.2) is 70.5 Å². The van der Waals surface area contributed by atoms with E-state index < -0.39 is 42.9 Å². The fourth-order valence-electron chi connectivity index (χ4n) is 6.50. The van der Waals surface area contributed by atoms with Crippen molar-refractivity contribution in [2.24, 2.45) is 0 Å². The molecule has 2 saturated heterocycles. The topological polar surface area (TPSA) is 152 Å². The van der Waals surface area contributed by atoms with Crippen LogP contribution in [0.4, 0.5) is 0 Å². The van der Waals surface area contributed by atoms with Crippen LogP contribution in [0.5, 0.6) is 11.5 Å². The first-order chi connectivity index (χ1) is 22.0. The van der Waals surface area contributed by atoms with Crippen LogP contribution in [0.2, 0.25) is 0 Å². The van der Waals surface area contributed by atoms with Gasteiger partial charge in [-0.25, -0.2) is 16.8 Å². The smallest absolute Gasteiger partial charge is 0.246 e. The van der Waals surface area contributed by atoms with Crippen molar-refractivity contribution in [3.8, 4) is 11.5 Å². The van der Waals surface area contributed by atoms with E-state index in [0.29, 0.717) is 69.9 Å². The number of hydrogen-bond donors (Lipinski definition) is 3. The minimum Gasteiger partial charge on any atom is -0.492 e. The van der Waals surface area contributed by atoms with Crippen LogP contribution >= 0.6 is 0 Å². The first-order valence-electron chi connectivity index (χ1n) is 15.8. The fourth-order valence-corrected chi connectivity index (χ4v) is 9.93. The summed E-state index contributed by atoms with van der Waals surface area (Å²) in [4.78, 5) is 0.279. The largest absolute Gasteiger partial charge is 0.492 e. The maximum atomic E-state index is 13.8. The van der Waals surface area contributed by atoms with Crippen LogP contribution in [-0.2, 0) is 24.6 Å². The lowest BCUT2D eigenvalue weighted by atomic mass is 9.88. The molecule has 2 unspecified atom stereocenters. The zero-order chi connectivity index (χ0) is 32.6. The van der Waals surface area contributed by atoms with E-state index in [9.17, 15) is 27.0 Å². The summed E-state index contributed by atoms with van der Waals surface area (Å²) in [6.07, 6.45) is 1.84. The molecule has 1 spiro atoms. The molecule has 0 amide bonds. The average molecular weight is 675 g/mol. The Morgan fingerprint density at radius 2 is 1.76 bits per heavy atom. The van der Waals surface area contributed by atoms with Crippen molar-refractivity contribution in [3.63, 3.8) is 0 Å². The highest BCUT2D eigenvalue weighted by atomic mass is 32.2. The van der Waals surface area contributed by atoms with Gasteiger partial charge in [-0.1, -0.05) is 36.4 Å². The van der Waals surface area contributed by atoms with Crippen molar-refractivity contribution < 1.29 is 41.3 Å². The second kappa shape index (κ2) is 13.0. The SMILES string of the molecule is CCOc1c(S(=O)(=O)N2CCC3(CC2)CC(NCC(O)COc2cccc(S(=O)(=O)C4(CO)CC4)c2)CO3)ccc2ccccc12. The lowest BCUT2D eigenvalue weighted by Crippen LogP contribution is -2.47. The van der Waals surface area contributed by atoms with E-state index in [1.165, 1.54) is 16.4 Å². The molecule has 2 aliphatic heterocycles. The van der Waals surface area contributed by atoms with Crippen molar-refractivity contribution in [2.45, 2.75) is 71.3 Å². The van der Waals surface area contributed by atoms with E-state index in [1.807, 2.05) is 37.3 Å². The van der Waals surface area contributed by atoms with Gasteiger partial charge in [-0.2, -0.15) is 4.31 Å². The molecule has 3 aromatic carbocycles. The Morgan fingerprint density at radius 3 is 2.48 bits per heavy atom. The van der Waals surface area contributed by atoms with Gasteiger partial charge in [0.2, 0.25) is 10.0 Å². The summed E-state index contributed by atoms with van der Waals surface area (Å²) in [7, 11) is -7.46. The third-order valence-corrected chi connectivity index (χ3v) is 13.9. The van der Waals surface area contributed by atoms with Gasteiger partial charge in [0.25, 0.3) is 0 Å². The van der Waals surface area contributed by atoms with Gasteiger partial charge in [0.05, 0.1) is 35.1 Å². The number of nitrogens with zero attached hydrogens (tertiary/aromatic N) is 1. The van der Waals surface area contributed by atoms with Gasteiger partial charge in [-0.3, -0.25) is 0 Å². The summed E-state index contributed by atoms with van der Waals surface area (Å²) in [6, 6.07) is 17.2. The molecule has 3 fully saturated rings. The van der Waals surface area contributed by atoms with E-state index in [-0.39, 0.29) is 29.0 Å². The monoisotopic (exact) mass is 674 g/mol. The second-order valence-electron chi connectivity index (χ2n) is 12.5. The molecule has 6 rings (SSSR count). The molecule has 250 valence electrons. The van der Waals surface area contributed by atoms with Crippen molar-refractivity contribution in [1.82, 2.24) is 9.62 Å². The maximum absolute atomic E-state index is 13.8. The van der Waals surface area contributed by atoms with Crippen LogP contribution in [0.1, 0.15) is 39.0 Å². The Balaban J connectivity index is 0.999. The normalized spacial score (nSPS) is 21.8. The Bertz CT molecular complexity index is 1770. The van der Waals surface area contributed by atoms with Crippen LogP contribution in [0, 0.1) is 0 Å². The molecule has 46 heavy (non-hydrogen) atoms. The van der Waals surface area contributed by atoms with Crippen molar-refractivity contribution in [1.29, 1.82) is 0 Å². The summed E-state index contributed by atoms with van der Waals surface area (Å²) in [5.74, 6) is 0.715. The first kappa shape index (κ1) is 33.1. The van der Waals surface area contributed by atoms with E-state index in [0.717, 1.165) is 10.8 Å². The molecule has 11 nitrogen and oxygen atoms in total. The molecule has 2 heterocycles. The van der Waals surface area contributed by atoms with E-state index in [1.54, 1.807) is 18.2 Å². The third-order valence-electron chi connectivity index (χ3n) is 9.46. The highest BCUT2D eigenvalue weighted by Crippen LogP contribution is 2.46. The number of aliphatic hydroxyl groups excluding tert-OH is 2. The summed E-state index contributed by atoms with van der Waals surface area (Å²) in [6.45, 7) is 3.11. The highest BCUT2D eigenvalue weighted by molar-refractivity contribution is 7.93. The van der Waals surface area contributed by atoms with E-state index in [2.05, 4.69) is 5.32 Å². The number of ether oxygens (including phenoxy) is 3. The Morgan fingerprint density at radius 1 is 1.00 bits per heavy atom. The van der Waals surface area contributed by atoms with Gasteiger partial charge in [0.15, 0.2) is 9.84 Å². The molecule has 0 bridgehead atoms. The van der Waals surface area contributed by atoms with Crippen molar-refractivity contribution in [3.05, 3.63) is 60.7 Å². The van der Waals surface area contributed by atoms with Crippen LogP contribution < -0.4 is 14.8 Å². The Labute approximate surface area is 270 Å². The number of benzene rings is 3. The van der Waals surface area contributed by atoms with Crippen molar-refractivity contribution in [2.75, 3.05) is 46.1 Å². The van der Waals surface area contributed by atoms with Gasteiger partial charge in [0, 0.05) is 31.1 Å². The standard InChI is InChI=1S/C33H42N2O9S2/c1-2-42-31-29-9-4-3-6-24(29)10-11-30(31)46(40,41)35-16-14-32(15-17-35)19-25(21-44-32)34-20-26(37)22-43-27-7-5-8-28(18-27)45(38,39)33(23-36)12-13-33/h3-11,18,25-26,34,36-37H,2,12-17,19-23H2,1H3. The maximum Gasteiger partial charge on any atom is 0.246 e. The number of nitrogens with one attached hydrogen (secondary N) is 1. The number of rotatable bonds is 13. The Hall–Kier alpha value is -2.78. The number of aliphatic hydroxyl groups is 2. The van der Waals surface area contributed by atoms with Crippen LogP contribution in [0.3, 0.4) is 0 Å². The second-order valence-corrected chi connectivity index (χ2v) is 16.8. The first-order valence-corrected chi connectivity index (χ1v) is 18.7. The molecular weight excluding hydrogens is 633 g/mol. The highest BCUT2D eigenvalue weighted by Gasteiger charge is 2.54. The van der Waals surface area contributed by atoms with Crippen LogP contribution in [-0.4, -0.2) is 99.9 Å². The lowest BCUT2D eigenvalue weighted by Gasteiger charge is -2.38. The molecular formula is C33H42N2O9S2. The quantitative estimate of drug-likeness (QED) is 0.247. The number of sulfonamides is 1. The number of piperidine rings is 1. The number of sulfone groups is 1. The minimum absolute atomic E-state index is 0.00969. The summed E-state index contributed by atoms with van der Waals surface area (Å²) in [5, 5.41) is 25.2. The molecule has 13 heteroatoms. The zero-order valence-electron chi connectivity index (χ0n) is 25.9. The predicted octanol–water partition coefficient (Wildman–Crippen LogP) is 2.88. The summed E-state index contributed by atoms with van der Waals surface area (Å²) >= 11 is 0. The molecule has 3 N–H and O–H groups in total. The Kier molecular flexibility index (Phi) is 9.38. The van der Waals surface area contributed by atoms with Crippen molar-refractivity contribution >= 4 is 30.6 Å². The molecule has 0 aromatic heterocycles. The van der Waals surface area contributed by atoms with Gasteiger partial charge < -0.3 is 29.7 Å². The number of hydrogen-bond acceptors (Lipinski definition) is 10. The lowest BCUT2D eigenvalue weighted by molar-refractivity contribution is -0.0312. The average Bonchev–Trinajstić information content (AvgIpc) is 3.79. The van der Waals surface area contributed by atoms with Gasteiger partial charge in [-0.05, 0) is 68.7 Å². The zero-order valence-corrected chi connectivity index (χ0v) is 27.6. The molecule has 1 aliphatic carbocycles. The molecule has 0 radical (unpaired) electrons. The third kappa shape index (κ3) is 6.38. The van der Waals surface area contributed by atoms with Gasteiger partial charge >= 0.3 is 0 Å². The van der Waals surface area contributed by atoms with Gasteiger partial charge in [0.1, 0.15) is 29.1 Å². The van der Waals surface area contributed by atoms with E-state index in [4.69, 9.17) is 14.2 Å².